The standard InChI is InChI=1S/C21H25ClN2O2/c1-4-25-12-6-11-24-19-13-17(22)9-10-18(19)23-21(24)14-26-20-8-5-7-15(2)16(20)3/h5,7-10,13H,4,6,11-12,14H2,1-3H3. The van der Waals surface area contributed by atoms with E-state index >= 15 is 0 Å². The summed E-state index contributed by atoms with van der Waals surface area (Å²) in [6.45, 7) is 8.89. The van der Waals surface area contributed by atoms with Crippen LogP contribution in [0.3, 0.4) is 0 Å². The highest BCUT2D eigenvalue weighted by Crippen LogP contribution is 2.24. The summed E-state index contributed by atoms with van der Waals surface area (Å²) in [7, 11) is 0. The van der Waals surface area contributed by atoms with Crippen molar-refractivity contribution >= 4 is 22.6 Å². The molecular weight excluding hydrogens is 348 g/mol. The smallest absolute Gasteiger partial charge is 0.148 e. The van der Waals surface area contributed by atoms with Gasteiger partial charge in [-0.05, 0) is 62.6 Å². The van der Waals surface area contributed by atoms with Crippen molar-refractivity contribution in [2.45, 2.75) is 40.3 Å². The van der Waals surface area contributed by atoms with E-state index < -0.39 is 0 Å². The Morgan fingerprint density at radius 3 is 2.81 bits per heavy atom. The van der Waals surface area contributed by atoms with Crippen molar-refractivity contribution in [1.82, 2.24) is 9.55 Å². The number of hydrogen-bond donors (Lipinski definition) is 0. The molecule has 0 aliphatic carbocycles. The molecule has 3 aromatic rings. The predicted molar refractivity (Wildman–Crippen MR) is 106 cm³/mol. The van der Waals surface area contributed by atoms with E-state index in [-0.39, 0.29) is 0 Å². The van der Waals surface area contributed by atoms with E-state index in [2.05, 4.69) is 24.5 Å². The summed E-state index contributed by atoms with van der Waals surface area (Å²) in [6.07, 6.45) is 0.919. The second-order valence-electron chi connectivity index (χ2n) is 6.35. The molecule has 1 heterocycles. The van der Waals surface area contributed by atoms with Gasteiger partial charge in [0.1, 0.15) is 18.2 Å². The summed E-state index contributed by atoms with van der Waals surface area (Å²) in [5.74, 6) is 1.80. The van der Waals surface area contributed by atoms with Crippen LogP contribution < -0.4 is 4.74 Å². The Morgan fingerprint density at radius 1 is 1.15 bits per heavy atom. The number of ether oxygens (including phenoxy) is 2. The Balaban J connectivity index is 1.84. The Hall–Kier alpha value is -2.04. The summed E-state index contributed by atoms with van der Waals surface area (Å²) in [5, 5.41) is 0.713. The molecule has 0 saturated heterocycles. The zero-order valence-corrected chi connectivity index (χ0v) is 16.3. The van der Waals surface area contributed by atoms with Gasteiger partial charge >= 0.3 is 0 Å². The summed E-state index contributed by atoms with van der Waals surface area (Å²) in [4.78, 5) is 4.76. The number of halogens is 1. The molecule has 0 unspecified atom stereocenters. The number of aromatic nitrogens is 2. The van der Waals surface area contributed by atoms with Gasteiger partial charge in [0.25, 0.3) is 0 Å². The average molecular weight is 373 g/mol. The third kappa shape index (κ3) is 4.19. The Morgan fingerprint density at radius 2 is 2.00 bits per heavy atom. The van der Waals surface area contributed by atoms with Crippen LogP contribution in [0.15, 0.2) is 36.4 Å². The lowest BCUT2D eigenvalue weighted by molar-refractivity contribution is 0.141. The van der Waals surface area contributed by atoms with Crippen molar-refractivity contribution in [3.05, 3.63) is 58.4 Å². The van der Waals surface area contributed by atoms with E-state index in [9.17, 15) is 0 Å². The van der Waals surface area contributed by atoms with Crippen molar-refractivity contribution in [3.63, 3.8) is 0 Å². The number of aryl methyl sites for hydroxylation is 2. The first-order chi connectivity index (χ1) is 12.6. The summed E-state index contributed by atoms with van der Waals surface area (Å²) < 4.78 is 13.7. The third-order valence-corrected chi connectivity index (χ3v) is 4.81. The van der Waals surface area contributed by atoms with Gasteiger partial charge in [0.15, 0.2) is 0 Å². The number of nitrogens with zero attached hydrogens (tertiary/aromatic N) is 2. The van der Waals surface area contributed by atoms with Crippen LogP contribution in [-0.2, 0) is 17.9 Å². The number of rotatable bonds is 8. The normalized spacial score (nSPS) is 11.2. The van der Waals surface area contributed by atoms with Crippen LogP contribution in [0, 0.1) is 13.8 Å². The monoisotopic (exact) mass is 372 g/mol. The number of hydrogen-bond acceptors (Lipinski definition) is 3. The van der Waals surface area contributed by atoms with E-state index in [0.717, 1.165) is 54.4 Å². The van der Waals surface area contributed by atoms with Crippen molar-refractivity contribution in [3.8, 4) is 5.75 Å². The molecule has 0 fully saturated rings. The minimum Gasteiger partial charge on any atom is -0.485 e. The molecule has 138 valence electrons. The van der Waals surface area contributed by atoms with Crippen LogP contribution in [0.25, 0.3) is 11.0 Å². The number of imidazole rings is 1. The molecule has 0 bridgehead atoms. The molecule has 0 saturated carbocycles. The maximum atomic E-state index is 6.20. The maximum Gasteiger partial charge on any atom is 0.148 e. The molecular formula is C21H25ClN2O2. The number of fused-ring (bicyclic) bond motifs is 1. The van der Waals surface area contributed by atoms with Crippen molar-refractivity contribution < 1.29 is 9.47 Å². The molecule has 5 heteroatoms. The molecule has 2 aromatic carbocycles. The van der Waals surface area contributed by atoms with Gasteiger partial charge in [0, 0.05) is 24.8 Å². The van der Waals surface area contributed by atoms with Gasteiger partial charge in [-0.2, -0.15) is 0 Å². The van der Waals surface area contributed by atoms with Crippen molar-refractivity contribution in [2.24, 2.45) is 0 Å². The van der Waals surface area contributed by atoms with Gasteiger partial charge in [0.05, 0.1) is 11.0 Å². The first-order valence-electron chi connectivity index (χ1n) is 9.01. The SMILES string of the molecule is CCOCCCn1c(COc2cccc(C)c2C)nc2ccc(Cl)cc21. The zero-order chi connectivity index (χ0) is 18.5. The fourth-order valence-corrected chi connectivity index (χ4v) is 3.16. The third-order valence-electron chi connectivity index (χ3n) is 4.58. The van der Waals surface area contributed by atoms with Crippen LogP contribution in [0.2, 0.25) is 5.02 Å². The zero-order valence-electron chi connectivity index (χ0n) is 15.6. The van der Waals surface area contributed by atoms with Gasteiger partial charge in [-0.1, -0.05) is 23.7 Å². The summed E-state index contributed by atoms with van der Waals surface area (Å²) >= 11 is 6.20. The van der Waals surface area contributed by atoms with Gasteiger partial charge in [-0.15, -0.1) is 0 Å². The van der Waals surface area contributed by atoms with E-state index in [1.807, 2.05) is 37.3 Å². The Bertz CT molecular complexity index is 889. The van der Waals surface area contributed by atoms with Gasteiger partial charge < -0.3 is 14.0 Å². The van der Waals surface area contributed by atoms with Crippen LogP contribution in [0.4, 0.5) is 0 Å². The van der Waals surface area contributed by atoms with Crippen molar-refractivity contribution in [2.75, 3.05) is 13.2 Å². The molecule has 0 aliphatic heterocycles. The van der Waals surface area contributed by atoms with Crippen LogP contribution in [0.1, 0.15) is 30.3 Å². The molecule has 0 radical (unpaired) electrons. The minimum atomic E-state index is 0.422. The molecule has 0 N–H and O–H groups in total. The second-order valence-corrected chi connectivity index (χ2v) is 6.79. The Kier molecular flexibility index (Phi) is 6.17. The molecule has 0 amide bonds. The van der Waals surface area contributed by atoms with E-state index in [1.54, 1.807) is 0 Å². The van der Waals surface area contributed by atoms with E-state index in [1.165, 1.54) is 5.56 Å². The lowest BCUT2D eigenvalue weighted by Gasteiger charge is -2.13. The molecule has 0 spiro atoms. The molecule has 4 nitrogen and oxygen atoms in total. The Labute approximate surface area is 159 Å². The highest BCUT2D eigenvalue weighted by atomic mass is 35.5. The fourth-order valence-electron chi connectivity index (χ4n) is 3.00. The first-order valence-corrected chi connectivity index (χ1v) is 9.39. The predicted octanol–water partition coefficient (Wildman–Crippen LogP) is 5.31. The van der Waals surface area contributed by atoms with Crippen LogP contribution >= 0.6 is 11.6 Å². The second kappa shape index (κ2) is 8.56. The first kappa shape index (κ1) is 18.7. The minimum absolute atomic E-state index is 0.422. The van der Waals surface area contributed by atoms with E-state index in [0.29, 0.717) is 11.6 Å². The van der Waals surface area contributed by atoms with Crippen LogP contribution in [0.5, 0.6) is 5.75 Å². The molecule has 26 heavy (non-hydrogen) atoms. The topological polar surface area (TPSA) is 36.3 Å². The summed E-state index contributed by atoms with van der Waals surface area (Å²) in [5.41, 5.74) is 4.35. The molecule has 3 rings (SSSR count). The lowest BCUT2D eigenvalue weighted by Crippen LogP contribution is -2.10. The van der Waals surface area contributed by atoms with Gasteiger partial charge in [-0.25, -0.2) is 4.98 Å². The molecule has 0 atom stereocenters. The van der Waals surface area contributed by atoms with Gasteiger partial charge in [0.2, 0.25) is 0 Å². The number of benzene rings is 2. The molecule has 1 aromatic heterocycles. The van der Waals surface area contributed by atoms with E-state index in [4.69, 9.17) is 26.1 Å². The quantitative estimate of drug-likeness (QED) is 0.502. The highest BCUT2D eigenvalue weighted by Gasteiger charge is 2.13. The lowest BCUT2D eigenvalue weighted by atomic mass is 10.1. The average Bonchev–Trinajstić information content (AvgIpc) is 2.97. The highest BCUT2D eigenvalue weighted by molar-refractivity contribution is 6.31. The summed E-state index contributed by atoms with van der Waals surface area (Å²) in [6, 6.07) is 11.9. The largest absolute Gasteiger partial charge is 0.485 e. The molecule has 0 aliphatic rings. The van der Waals surface area contributed by atoms with Gasteiger partial charge in [-0.3, -0.25) is 0 Å². The van der Waals surface area contributed by atoms with Crippen LogP contribution in [-0.4, -0.2) is 22.8 Å². The maximum absolute atomic E-state index is 6.20. The van der Waals surface area contributed by atoms with Crippen molar-refractivity contribution in [1.29, 1.82) is 0 Å². The fraction of sp³-hybridized carbons (Fsp3) is 0.381.